The van der Waals surface area contributed by atoms with Gasteiger partial charge < -0.3 is 10.9 Å². The van der Waals surface area contributed by atoms with E-state index in [2.05, 4.69) is 11.7 Å². The molecule has 3 nitrogen and oxygen atoms in total. The van der Waals surface area contributed by atoms with E-state index in [1.54, 1.807) is 0 Å². The Labute approximate surface area is 84.3 Å². The molecule has 0 aromatic rings. The van der Waals surface area contributed by atoms with Gasteiger partial charge in [-0.2, -0.15) is 0 Å². The van der Waals surface area contributed by atoms with Gasteiger partial charge in [-0.15, -0.1) is 0 Å². The van der Waals surface area contributed by atoms with Crippen molar-refractivity contribution in [2.24, 2.45) is 10.9 Å². The van der Waals surface area contributed by atoms with E-state index < -0.39 is 0 Å². The van der Waals surface area contributed by atoms with E-state index in [1.807, 2.05) is 19.1 Å². The predicted octanol–water partition coefficient (Wildman–Crippen LogP) is 2.35. The van der Waals surface area contributed by atoms with Crippen LogP contribution in [0.3, 0.4) is 0 Å². The summed E-state index contributed by atoms with van der Waals surface area (Å²) >= 11 is 0. The summed E-state index contributed by atoms with van der Waals surface area (Å²) in [5.41, 5.74) is 8.80. The van der Waals surface area contributed by atoms with Gasteiger partial charge in [0.15, 0.2) is 5.84 Å². The van der Waals surface area contributed by atoms with Gasteiger partial charge in [-0.25, -0.2) is 0 Å². The summed E-state index contributed by atoms with van der Waals surface area (Å²) in [6.07, 6.45) is 6.87. The fourth-order valence-electron chi connectivity index (χ4n) is 1.83. The van der Waals surface area contributed by atoms with Crippen molar-refractivity contribution < 1.29 is 5.21 Å². The Bertz CT molecular complexity index is 324. The molecule has 0 saturated carbocycles. The first-order valence-corrected chi connectivity index (χ1v) is 4.73. The van der Waals surface area contributed by atoms with Gasteiger partial charge in [0.25, 0.3) is 0 Å². The van der Waals surface area contributed by atoms with Crippen molar-refractivity contribution in [3.8, 4) is 0 Å². The Kier molecular flexibility index (Phi) is 3.51. The van der Waals surface area contributed by atoms with E-state index in [9.17, 15) is 0 Å². The minimum absolute atomic E-state index is 0.184. The van der Waals surface area contributed by atoms with E-state index in [1.165, 1.54) is 5.57 Å². The number of allylic oxidation sites excluding steroid dienone is 3. The number of nitrogens with zero attached hydrogens (tertiary/aromatic N) is 1. The Morgan fingerprint density at radius 1 is 1.57 bits per heavy atom. The van der Waals surface area contributed by atoms with E-state index >= 15 is 0 Å². The lowest BCUT2D eigenvalue weighted by atomic mass is 10.0. The number of rotatable bonds is 3. The molecule has 14 heavy (non-hydrogen) atoms. The third-order valence-corrected chi connectivity index (χ3v) is 2.50. The number of nitrogens with two attached hydrogens (primary N) is 1. The molecular formula is C11H16N2O. The molecule has 0 amide bonds. The molecule has 0 aromatic heterocycles. The first-order valence-electron chi connectivity index (χ1n) is 4.73. The lowest BCUT2D eigenvalue weighted by molar-refractivity contribution is 0.318. The van der Waals surface area contributed by atoms with Gasteiger partial charge in [0, 0.05) is 5.57 Å². The zero-order valence-electron chi connectivity index (χ0n) is 8.45. The molecule has 3 heteroatoms. The van der Waals surface area contributed by atoms with E-state index in [0.29, 0.717) is 0 Å². The summed E-state index contributed by atoms with van der Waals surface area (Å²) in [4.78, 5) is 0. The van der Waals surface area contributed by atoms with Gasteiger partial charge in [0.1, 0.15) is 0 Å². The zero-order chi connectivity index (χ0) is 10.6. The van der Waals surface area contributed by atoms with Crippen molar-refractivity contribution in [1.29, 1.82) is 0 Å². The summed E-state index contributed by atoms with van der Waals surface area (Å²) in [6.45, 7) is 5.65. The maximum atomic E-state index is 8.63. The summed E-state index contributed by atoms with van der Waals surface area (Å²) in [7, 11) is 0. The smallest absolute Gasteiger partial charge is 0.170 e. The number of hydrogen-bond acceptors (Lipinski definition) is 2. The second-order valence-electron chi connectivity index (χ2n) is 3.25. The van der Waals surface area contributed by atoms with Crippen LogP contribution in [0.5, 0.6) is 0 Å². The molecule has 0 spiro atoms. The monoisotopic (exact) mass is 192 g/mol. The van der Waals surface area contributed by atoms with Crippen LogP contribution in [0.25, 0.3) is 0 Å². The van der Waals surface area contributed by atoms with Crippen molar-refractivity contribution in [2.45, 2.75) is 26.2 Å². The van der Waals surface area contributed by atoms with Crippen molar-refractivity contribution >= 4 is 5.84 Å². The van der Waals surface area contributed by atoms with Crippen LogP contribution in [-0.2, 0) is 0 Å². The van der Waals surface area contributed by atoms with Crippen molar-refractivity contribution in [3.63, 3.8) is 0 Å². The maximum Gasteiger partial charge on any atom is 0.170 e. The quantitative estimate of drug-likeness (QED) is 0.312. The fraction of sp³-hybridized carbons (Fsp3) is 0.364. The molecule has 0 heterocycles. The number of hydrogen-bond donors (Lipinski definition) is 2. The Balaban J connectivity index is 3.08. The molecule has 0 aromatic carbocycles. The van der Waals surface area contributed by atoms with Gasteiger partial charge in [-0.1, -0.05) is 23.9 Å². The van der Waals surface area contributed by atoms with Gasteiger partial charge in [-0.3, -0.25) is 0 Å². The summed E-state index contributed by atoms with van der Waals surface area (Å²) in [6, 6.07) is 0. The lowest BCUT2D eigenvalue weighted by Gasteiger charge is -2.07. The third kappa shape index (κ3) is 1.87. The number of oxime groups is 1. The average Bonchev–Trinajstić information content (AvgIpc) is 2.66. The molecule has 76 valence electrons. The highest BCUT2D eigenvalue weighted by atomic mass is 16.4. The zero-order valence-corrected chi connectivity index (χ0v) is 8.45. The molecule has 0 radical (unpaired) electrons. The molecule has 1 aliphatic carbocycles. The standard InChI is InChI=1S/C11H16N2O/c1-3-8-6-5-7-10(8)9(4-2)11(12)13-14/h3-4,14H,1,5-7H2,2H3,(H2,12,13)/b9-4+. The first kappa shape index (κ1) is 10.6. The fourth-order valence-corrected chi connectivity index (χ4v) is 1.83. The largest absolute Gasteiger partial charge is 0.409 e. The first-order chi connectivity index (χ1) is 6.74. The molecule has 1 aliphatic rings. The second-order valence-corrected chi connectivity index (χ2v) is 3.25. The molecule has 0 bridgehead atoms. The highest BCUT2D eigenvalue weighted by molar-refractivity contribution is 6.00. The third-order valence-electron chi connectivity index (χ3n) is 2.50. The van der Waals surface area contributed by atoms with Crippen LogP contribution in [-0.4, -0.2) is 11.0 Å². The van der Waals surface area contributed by atoms with Crippen molar-refractivity contribution in [3.05, 3.63) is 35.5 Å². The van der Waals surface area contributed by atoms with Crippen LogP contribution >= 0.6 is 0 Å². The normalized spacial score (nSPS) is 18.9. The second kappa shape index (κ2) is 4.65. The van der Waals surface area contributed by atoms with Crippen molar-refractivity contribution in [1.82, 2.24) is 0 Å². The Hall–Kier alpha value is -1.51. The molecule has 0 aliphatic heterocycles. The highest BCUT2D eigenvalue weighted by Gasteiger charge is 2.17. The average molecular weight is 192 g/mol. The molecule has 1 rings (SSSR count). The van der Waals surface area contributed by atoms with Gasteiger partial charge in [0.2, 0.25) is 0 Å². The predicted molar refractivity (Wildman–Crippen MR) is 58.2 cm³/mol. The SMILES string of the molecule is C=CC1=C(C(=C\C)/C(N)=N\O)CCC1. The van der Waals surface area contributed by atoms with Crippen LogP contribution in [0, 0.1) is 0 Å². The molecule has 0 fully saturated rings. The lowest BCUT2D eigenvalue weighted by Crippen LogP contribution is -2.16. The summed E-state index contributed by atoms with van der Waals surface area (Å²) < 4.78 is 0. The van der Waals surface area contributed by atoms with Crippen molar-refractivity contribution in [2.75, 3.05) is 0 Å². The molecule has 0 unspecified atom stereocenters. The minimum Gasteiger partial charge on any atom is -0.409 e. The Morgan fingerprint density at radius 2 is 2.29 bits per heavy atom. The Morgan fingerprint density at radius 3 is 2.79 bits per heavy atom. The maximum absolute atomic E-state index is 8.63. The van der Waals surface area contributed by atoms with Gasteiger partial charge >= 0.3 is 0 Å². The van der Waals surface area contributed by atoms with Crippen LogP contribution in [0.1, 0.15) is 26.2 Å². The topological polar surface area (TPSA) is 58.6 Å². The minimum atomic E-state index is 0.184. The molecule has 0 atom stereocenters. The summed E-state index contributed by atoms with van der Waals surface area (Å²) in [5.74, 6) is 0.184. The molecule has 3 N–H and O–H groups in total. The van der Waals surface area contributed by atoms with E-state index in [0.717, 1.165) is 30.4 Å². The van der Waals surface area contributed by atoms with Gasteiger partial charge in [-0.05, 0) is 37.3 Å². The number of amidine groups is 1. The molecular weight excluding hydrogens is 176 g/mol. The van der Waals surface area contributed by atoms with Gasteiger partial charge in [0.05, 0.1) is 0 Å². The van der Waals surface area contributed by atoms with E-state index in [-0.39, 0.29) is 5.84 Å². The van der Waals surface area contributed by atoms with Crippen LogP contribution in [0.2, 0.25) is 0 Å². The van der Waals surface area contributed by atoms with E-state index in [4.69, 9.17) is 10.9 Å². The van der Waals surface area contributed by atoms with Crippen LogP contribution < -0.4 is 5.73 Å². The van der Waals surface area contributed by atoms with Crippen LogP contribution in [0.4, 0.5) is 0 Å². The van der Waals surface area contributed by atoms with Crippen LogP contribution in [0.15, 0.2) is 40.6 Å². The molecule has 0 saturated heterocycles. The highest BCUT2D eigenvalue weighted by Crippen LogP contribution is 2.31. The summed E-state index contributed by atoms with van der Waals surface area (Å²) in [5, 5.41) is 11.7.